The molecule has 154 valence electrons. The summed E-state index contributed by atoms with van der Waals surface area (Å²) in [5.74, 6) is 1.57. The number of aliphatic hydroxyl groups excluding tert-OH is 1. The van der Waals surface area contributed by atoms with E-state index in [1.807, 2.05) is 18.2 Å². The monoisotopic (exact) mass is 399 g/mol. The van der Waals surface area contributed by atoms with Gasteiger partial charge in [-0.15, -0.1) is 0 Å². The molecule has 4 heterocycles. The molecule has 29 heavy (non-hydrogen) atoms. The second kappa shape index (κ2) is 7.64. The summed E-state index contributed by atoms with van der Waals surface area (Å²) in [6.45, 7) is 0.275. The predicted octanol–water partition coefficient (Wildman–Crippen LogP) is 2.46. The van der Waals surface area contributed by atoms with Crippen molar-refractivity contribution in [2.45, 2.75) is 69.5 Å². The lowest BCUT2D eigenvalue weighted by atomic mass is 9.89. The Morgan fingerprint density at radius 1 is 1.10 bits per heavy atom. The number of ether oxygens (including phenoxy) is 2. The molecule has 1 amide bonds. The van der Waals surface area contributed by atoms with E-state index in [1.165, 1.54) is 0 Å². The molecule has 4 N–H and O–H groups in total. The van der Waals surface area contributed by atoms with E-state index in [9.17, 15) is 9.90 Å². The number of hydrogen-bond acceptors (Lipinski definition) is 7. The largest absolute Gasteiger partial charge is 0.446 e. The summed E-state index contributed by atoms with van der Waals surface area (Å²) in [6, 6.07) is 5.70. The van der Waals surface area contributed by atoms with Crippen LogP contribution in [0.15, 0.2) is 18.2 Å². The van der Waals surface area contributed by atoms with Gasteiger partial charge in [0.1, 0.15) is 11.9 Å². The molecular formula is C20H25N5O4. The lowest BCUT2D eigenvalue weighted by molar-refractivity contribution is -0.0283. The van der Waals surface area contributed by atoms with Crippen molar-refractivity contribution < 1.29 is 19.4 Å². The number of hydrogen-bond donors (Lipinski definition) is 4. The molecule has 2 saturated carbocycles. The van der Waals surface area contributed by atoms with Crippen LogP contribution in [0, 0.1) is 0 Å². The Labute approximate surface area is 168 Å². The zero-order valence-corrected chi connectivity index (χ0v) is 16.1. The molecule has 8 bridgehead atoms. The molecule has 2 fully saturated rings. The second-order valence-corrected chi connectivity index (χ2v) is 8.13. The highest BCUT2D eigenvalue weighted by molar-refractivity contribution is 5.68. The highest BCUT2D eigenvalue weighted by Crippen LogP contribution is 2.36. The van der Waals surface area contributed by atoms with Gasteiger partial charge < -0.3 is 25.2 Å². The van der Waals surface area contributed by atoms with Gasteiger partial charge in [-0.3, -0.25) is 5.10 Å². The first-order valence-electron chi connectivity index (χ1n) is 10.2. The molecular weight excluding hydrogens is 374 g/mol. The number of pyridine rings is 1. The van der Waals surface area contributed by atoms with Gasteiger partial charge in [0.25, 0.3) is 0 Å². The minimum Gasteiger partial charge on any atom is -0.446 e. The van der Waals surface area contributed by atoms with Gasteiger partial charge in [-0.1, -0.05) is 0 Å². The number of alkyl carbamates (subject to hydrolysis) is 1. The van der Waals surface area contributed by atoms with Crippen molar-refractivity contribution >= 4 is 17.7 Å². The Morgan fingerprint density at radius 2 is 2.00 bits per heavy atom. The van der Waals surface area contributed by atoms with E-state index in [-0.39, 0.29) is 36.9 Å². The van der Waals surface area contributed by atoms with Crippen molar-refractivity contribution in [3.05, 3.63) is 35.2 Å². The number of carbonyl (C=O) groups is 1. The van der Waals surface area contributed by atoms with Gasteiger partial charge in [0, 0.05) is 23.7 Å². The van der Waals surface area contributed by atoms with E-state index >= 15 is 0 Å². The van der Waals surface area contributed by atoms with Crippen molar-refractivity contribution in [3.63, 3.8) is 0 Å². The van der Waals surface area contributed by atoms with Crippen molar-refractivity contribution in [2.24, 2.45) is 0 Å². The van der Waals surface area contributed by atoms with E-state index < -0.39 is 0 Å². The van der Waals surface area contributed by atoms with E-state index in [2.05, 4.69) is 25.8 Å². The van der Waals surface area contributed by atoms with Gasteiger partial charge >= 0.3 is 6.09 Å². The van der Waals surface area contributed by atoms with Gasteiger partial charge in [0.05, 0.1) is 25.0 Å². The summed E-state index contributed by atoms with van der Waals surface area (Å²) in [5, 5.41) is 23.2. The first kappa shape index (κ1) is 18.4. The molecule has 9 nitrogen and oxygen atoms in total. The molecule has 0 aromatic carbocycles. The summed E-state index contributed by atoms with van der Waals surface area (Å²) in [6.07, 6.45) is 3.78. The number of aromatic nitrogens is 3. The number of anilines is 2. The number of aliphatic hydroxyl groups is 1. The fraction of sp³-hybridized carbons (Fsp3) is 0.550. The Kier molecular flexibility index (Phi) is 4.84. The first-order valence-corrected chi connectivity index (χ1v) is 10.2. The summed E-state index contributed by atoms with van der Waals surface area (Å²) in [7, 11) is 0. The average Bonchev–Trinajstić information content (AvgIpc) is 3.32. The van der Waals surface area contributed by atoms with Crippen LogP contribution in [0.2, 0.25) is 0 Å². The van der Waals surface area contributed by atoms with Gasteiger partial charge in [0.15, 0.2) is 5.82 Å². The fourth-order valence-electron chi connectivity index (χ4n) is 4.33. The quantitative estimate of drug-likeness (QED) is 0.581. The molecule has 2 aliphatic heterocycles. The van der Waals surface area contributed by atoms with Crippen molar-refractivity contribution in [2.75, 3.05) is 5.32 Å². The zero-order valence-electron chi connectivity index (χ0n) is 16.1. The predicted molar refractivity (Wildman–Crippen MR) is 104 cm³/mol. The van der Waals surface area contributed by atoms with Crippen LogP contribution in [0.1, 0.15) is 55.0 Å². The summed E-state index contributed by atoms with van der Waals surface area (Å²) in [4.78, 5) is 16.8. The minimum atomic E-state index is -0.339. The molecule has 0 radical (unpaired) electrons. The first-order chi connectivity index (χ1) is 14.1. The number of amides is 1. The van der Waals surface area contributed by atoms with Crippen LogP contribution < -0.4 is 10.6 Å². The van der Waals surface area contributed by atoms with E-state index in [4.69, 9.17) is 9.47 Å². The summed E-state index contributed by atoms with van der Waals surface area (Å²) < 4.78 is 11.5. The zero-order chi connectivity index (χ0) is 19.8. The normalized spacial score (nSPS) is 28.9. The summed E-state index contributed by atoms with van der Waals surface area (Å²) >= 11 is 0. The minimum absolute atomic E-state index is 0.0724. The second-order valence-electron chi connectivity index (χ2n) is 8.13. The third-order valence-electron chi connectivity index (χ3n) is 5.96. The van der Waals surface area contributed by atoms with Crippen LogP contribution in [0.3, 0.4) is 0 Å². The number of nitrogens with zero attached hydrogens (tertiary/aromatic N) is 2. The van der Waals surface area contributed by atoms with Crippen molar-refractivity contribution in [1.29, 1.82) is 0 Å². The van der Waals surface area contributed by atoms with E-state index in [0.29, 0.717) is 18.2 Å². The van der Waals surface area contributed by atoms with Gasteiger partial charge in [0.2, 0.25) is 0 Å². The molecule has 0 saturated heterocycles. The Bertz CT molecular complexity index is 895. The van der Waals surface area contributed by atoms with Gasteiger partial charge in [-0.2, -0.15) is 5.10 Å². The Balaban J connectivity index is 1.39. The Hall–Kier alpha value is -2.65. The lowest BCUT2D eigenvalue weighted by Crippen LogP contribution is -2.48. The number of H-pyrrole nitrogens is 1. The van der Waals surface area contributed by atoms with Crippen LogP contribution in [-0.2, 0) is 22.7 Å². The maximum atomic E-state index is 12.2. The maximum absolute atomic E-state index is 12.2. The molecule has 9 heteroatoms. The maximum Gasteiger partial charge on any atom is 0.407 e. The highest BCUT2D eigenvalue weighted by Gasteiger charge is 2.34. The van der Waals surface area contributed by atoms with Crippen LogP contribution >= 0.6 is 0 Å². The van der Waals surface area contributed by atoms with Crippen LogP contribution in [0.4, 0.5) is 16.4 Å². The molecule has 2 atom stereocenters. The van der Waals surface area contributed by atoms with E-state index in [0.717, 1.165) is 49.1 Å². The van der Waals surface area contributed by atoms with E-state index in [1.54, 1.807) is 0 Å². The molecule has 6 rings (SSSR count). The molecule has 0 unspecified atom stereocenters. The van der Waals surface area contributed by atoms with Crippen LogP contribution in [-0.4, -0.2) is 44.6 Å². The lowest BCUT2D eigenvalue weighted by Gasteiger charge is -2.35. The number of fused-ring (bicyclic) bond motifs is 3. The average molecular weight is 399 g/mol. The SMILES string of the molecule is O=C1NC2CC(C2)OCc2cc(CO)cc(n2)Nc2cc([nH]n2)[C@H]2CC[C@H](C2)O1. The molecule has 2 aliphatic carbocycles. The molecule has 2 aromatic heterocycles. The number of nitrogens with one attached hydrogen (secondary N) is 3. The molecule has 4 aliphatic rings. The molecule has 0 spiro atoms. The van der Waals surface area contributed by atoms with Crippen LogP contribution in [0.5, 0.6) is 0 Å². The third-order valence-corrected chi connectivity index (χ3v) is 5.96. The smallest absolute Gasteiger partial charge is 0.407 e. The topological polar surface area (TPSA) is 121 Å². The third kappa shape index (κ3) is 4.06. The standard InChI is InChI=1S/C20H25N5O4/c26-9-11-3-14-10-28-16-6-13(7-16)22-20(27)29-15-2-1-12(5-15)17-8-19(25-24-17)23-18(4-11)21-14/h3-4,8,12-13,15-16,26H,1-2,5-7,9-10H2,(H,22,27)(H2,21,23,24,25)/t12-,13?,15+,16?/m0/s1. The summed E-state index contributed by atoms with van der Waals surface area (Å²) in [5.41, 5.74) is 2.52. The Morgan fingerprint density at radius 3 is 2.86 bits per heavy atom. The number of carbonyl (C=O) groups excluding carboxylic acids is 1. The van der Waals surface area contributed by atoms with Crippen molar-refractivity contribution in [3.8, 4) is 0 Å². The highest BCUT2D eigenvalue weighted by atomic mass is 16.6. The molecule has 2 aromatic rings. The van der Waals surface area contributed by atoms with Crippen LogP contribution in [0.25, 0.3) is 0 Å². The van der Waals surface area contributed by atoms with Gasteiger partial charge in [-0.25, -0.2) is 9.78 Å². The van der Waals surface area contributed by atoms with Crippen molar-refractivity contribution in [1.82, 2.24) is 20.5 Å². The fourth-order valence-corrected chi connectivity index (χ4v) is 4.33. The number of rotatable bonds is 1. The van der Waals surface area contributed by atoms with Gasteiger partial charge in [-0.05, 0) is 49.8 Å². The number of aromatic amines is 1.